The third kappa shape index (κ3) is 5.11. The summed E-state index contributed by atoms with van der Waals surface area (Å²) in [6.07, 6.45) is 6.35. The Morgan fingerprint density at radius 1 is 1.08 bits per heavy atom. The lowest BCUT2D eigenvalue weighted by molar-refractivity contribution is -0.150. The van der Waals surface area contributed by atoms with Crippen LogP contribution in [0.4, 0.5) is 0 Å². The van der Waals surface area contributed by atoms with E-state index in [9.17, 15) is 9.59 Å². The van der Waals surface area contributed by atoms with Gasteiger partial charge in [0.05, 0.1) is 6.61 Å². The number of hydrogen-bond acceptors (Lipinski definition) is 4. The van der Waals surface area contributed by atoms with Crippen molar-refractivity contribution in [2.45, 2.75) is 26.7 Å². The fraction of sp³-hybridized carbons (Fsp3) is 0.286. The van der Waals surface area contributed by atoms with Gasteiger partial charge < -0.3 is 4.74 Å². The lowest BCUT2D eigenvalue weighted by Crippen LogP contribution is -2.27. The summed E-state index contributed by atoms with van der Waals surface area (Å²) in [7, 11) is 0. The second-order valence-electron chi connectivity index (χ2n) is 5.66. The van der Waals surface area contributed by atoms with E-state index < -0.39 is 11.9 Å². The summed E-state index contributed by atoms with van der Waals surface area (Å²) in [5.74, 6) is -1.44. The molecule has 2 aromatic rings. The van der Waals surface area contributed by atoms with Gasteiger partial charge in [0.2, 0.25) is 0 Å². The molecular formula is C21H23NO3. The lowest BCUT2D eigenvalue weighted by Gasteiger charge is -2.16. The normalized spacial score (nSPS) is 12.5. The fourth-order valence-corrected chi connectivity index (χ4v) is 2.62. The van der Waals surface area contributed by atoms with E-state index in [2.05, 4.69) is 4.98 Å². The predicted octanol–water partition coefficient (Wildman–Crippen LogP) is 4.17. The smallest absolute Gasteiger partial charge is 0.316 e. The molecule has 0 radical (unpaired) electrons. The van der Waals surface area contributed by atoms with Gasteiger partial charge in [-0.1, -0.05) is 43.7 Å². The number of Topliss-reactive ketones (excluding diaryl/α,β-unsaturated/α-hetero) is 1. The molecule has 4 nitrogen and oxygen atoms in total. The van der Waals surface area contributed by atoms with Crippen LogP contribution in [0.1, 0.15) is 37.8 Å². The molecule has 0 N–H and O–H groups in total. The van der Waals surface area contributed by atoms with Gasteiger partial charge in [0.15, 0.2) is 5.78 Å². The van der Waals surface area contributed by atoms with Crippen molar-refractivity contribution in [1.29, 1.82) is 0 Å². The van der Waals surface area contributed by atoms with E-state index in [0.717, 1.165) is 17.5 Å². The number of rotatable bonds is 8. The summed E-state index contributed by atoms with van der Waals surface area (Å²) in [5, 5.41) is 0. The Morgan fingerprint density at radius 3 is 2.36 bits per heavy atom. The first-order valence-corrected chi connectivity index (χ1v) is 8.55. The van der Waals surface area contributed by atoms with E-state index in [1.54, 1.807) is 25.4 Å². The Hall–Kier alpha value is -2.75. The average molecular weight is 337 g/mol. The van der Waals surface area contributed by atoms with Crippen LogP contribution >= 0.6 is 0 Å². The first kappa shape index (κ1) is 18.6. The maximum atomic E-state index is 13.2. The van der Waals surface area contributed by atoms with Crippen molar-refractivity contribution in [3.05, 3.63) is 66.0 Å². The van der Waals surface area contributed by atoms with Gasteiger partial charge >= 0.3 is 5.97 Å². The summed E-state index contributed by atoms with van der Waals surface area (Å²) in [6, 6.07) is 13.1. The third-order valence-corrected chi connectivity index (χ3v) is 3.83. The molecule has 0 bridgehead atoms. The molecule has 0 aliphatic rings. The fourth-order valence-electron chi connectivity index (χ4n) is 2.62. The Kier molecular flexibility index (Phi) is 7.08. The van der Waals surface area contributed by atoms with Gasteiger partial charge in [-0.3, -0.25) is 14.6 Å². The maximum Gasteiger partial charge on any atom is 0.316 e. The molecule has 0 aliphatic carbocycles. The highest BCUT2D eigenvalue weighted by molar-refractivity contribution is 6.30. The van der Waals surface area contributed by atoms with Gasteiger partial charge in [-0.2, -0.15) is 0 Å². The summed E-state index contributed by atoms with van der Waals surface area (Å²) < 4.78 is 5.12. The molecule has 0 fully saturated rings. The van der Waals surface area contributed by atoms with Gasteiger partial charge in [0, 0.05) is 18.0 Å². The molecule has 2 rings (SSSR count). The molecule has 1 aromatic heterocycles. The Labute approximate surface area is 148 Å². The van der Waals surface area contributed by atoms with E-state index >= 15 is 0 Å². The second-order valence-corrected chi connectivity index (χ2v) is 5.66. The lowest BCUT2D eigenvalue weighted by atomic mass is 9.88. The van der Waals surface area contributed by atoms with Crippen LogP contribution in [0.25, 0.3) is 11.6 Å². The first-order chi connectivity index (χ1) is 12.2. The van der Waals surface area contributed by atoms with Crippen LogP contribution < -0.4 is 0 Å². The zero-order valence-electron chi connectivity index (χ0n) is 14.6. The van der Waals surface area contributed by atoms with E-state index in [-0.39, 0.29) is 12.4 Å². The zero-order valence-corrected chi connectivity index (χ0v) is 14.6. The molecule has 0 amide bonds. The molecule has 0 saturated carbocycles. The van der Waals surface area contributed by atoms with Crippen molar-refractivity contribution in [2.75, 3.05) is 6.61 Å². The Balaban J connectivity index is 2.45. The molecule has 1 heterocycles. The standard InChI is InChI=1S/C21H23NO3/c1-3-8-18(21(24)25-4-2)20(23)19(17-9-6-5-7-10-17)15-16-11-13-22-14-12-16/h5-7,9-15,18H,3-4,8H2,1-2H3/b19-15+. The molecule has 1 unspecified atom stereocenters. The summed E-state index contributed by atoms with van der Waals surface area (Å²) in [5.41, 5.74) is 2.16. The van der Waals surface area contributed by atoms with Crippen molar-refractivity contribution in [2.24, 2.45) is 5.92 Å². The van der Waals surface area contributed by atoms with Crippen molar-refractivity contribution < 1.29 is 14.3 Å². The number of allylic oxidation sites excluding steroid dienone is 1. The number of hydrogen-bond donors (Lipinski definition) is 0. The molecule has 130 valence electrons. The minimum Gasteiger partial charge on any atom is -0.465 e. The number of aromatic nitrogens is 1. The van der Waals surface area contributed by atoms with Crippen LogP contribution in [-0.2, 0) is 14.3 Å². The molecule has 0 spiro atoms. The minimum absolute atomic E-state index is 0.205. The maximum absolute atomic E-state index is 13.2. The first-order valence-electron chi connectivity index (χ1n) is 8.55. The zero-order chi connectivity index (χ0) is 18.1. The largest absolute Gasteiger partial charge is 0.465 e. The van der Waals surface area contributed by atoms with E-state index in [4.69, 9.17) is 4.74 Å². The van der Waals surface area contributed by atoms with E-state index in [0.29, 0.717) is 12.0 Å². The SMILES string of the molecule is CCCC(C(=O)OCC)C(=O)/C(=C/c1ccncc1)c1ccccc1. The number of ketones is 1. The summed E-state index contributed by atoms with van der Waals surface area (Å²) in [6.45, 7) is 3.96. The number of pyridine rings is 1. The monoisotopic (exact) mass is 337 g/mol. The quantitative estimate of drug-likeness (QED) is 0.412. The highest BCUT2D eigenvalue weighted by atomic mass is 16.5. The van der Waals surface area contributed by atoms with Crippen molar-refractivity contribution in [1.82, 2.24) is 4.98 Å². The molecule has 0 saturated heterocycles. The molecular weight excluding hydrogens is 314 g/mol. The number of nitrogens with zero attached hydrogens (tertiary/aromatic N) is 1. The predicted molar refractivity (Wildman–Crippen MR) is 98.6 cm³/mol. The number of benzene rings is 1. The summed E-state index contributed by atoms with van der Waals surface area (Å²) in [4.78, 5) is 29.5. The van der Waals surface area contributed by atoms with Crippen LogP contribution in [0.3, 0.4) is 0 Å². The van der Waals surface area contributed by atoms with Crippen molar-refractivity contribution >= 4 is 23.4 Å². The van der Waals surface area contributed by atoms with Crippen LogP contribution in [0.5, 0.6) is 0 Å². The highest BCUT2D eigenvalue weighted by Gasteiger charge is 2.30. The summed E-state index contributed by atoms with van der Waals surface area (Å²) >= 11 is 0. The number of ether oxygens (including phenoxy) is 1. The number of carbonyl (C=O) groups excluding carboxylic acids is 2. The molecule has 1 aromatic carbocycles. The van der Waals surface area contributed by atoms with Crippen LogP contribution in [0.15, 0.2) is 54.9 Å². The van der Waals surface area contributed by atoms with Crippen LogP contribution in [0.2, 0.25) is 0 Å². The highest BCUT2D eigenvalue weighted by Crippen LogP contribution is 2.25. The topological polar surface area (TPSA) is 56.3 Å². The Bertz CT molecular complexity index is 723. The average Bonchev–Trinajstić information content (AvgIpc) is 2.65. The van der Waals surface area contributed by atoms with Gasteiger partial charge in [0.25, 0.3) is 0 Å². The van der Waals surface area contributed by atoms with Gasteiger partial charge in [-0.05, 0) is 42.7 Å². The minimum atomic E-state index is -0.779. The second kappa shape index (κ2) is 9.52. The Morgan fingerprint density at radius 2 is 1.76 bits per heavy atom. The van der Waals surface area contributed by atoms with Crippen molar-refractivity contribution in [3.63, 3.8) is 0 Å². The number of carbonyl (C=O) groups is 2. The molecule has 25 heavy (non-hydrogen) atoms. The van der Waals surface area contributed by atoms with Crippen LogP contribution in [-0.4, -0.2) is 23.3 Å². The van der Waals surface area contributed by atoms with Crippen molar-refractivity contribution in [3.8, 4) is 0 Å². The van der Waals surface area contributed by atoms with Crippen LogP contribution in [0, 0.1) is 5.92 Å². The third-order valence-electron chi connectivity index (χ3n) is 3.83. The molecule has 1 atom stereocenters. The molecule has 4 heteroatoms. The number of esters is 1. The van der Waals surface area contributed by atoms with Gasteiger partial charge in [-0.25, -0.2) is 0 Å². The van der Waals surface area contributed by atoms with E-state index in [1.165, 1.54) is 0 Å². The van der Waals surface area contributed by atoms with Gasteiger partial charge in [-0.15, -0.1) is 0 Å². The van der Waals surface area contributed by atoms with Gasteiger partial charge in [0.1, 0.15) is 5.92 Å². The molecule has 0 aliphatic heterocycles. The van der Waals surface area contributed by atoms with E-state index in [1.807, 2.05) is 49.4 Å².